The first-order valence-corrected chi connectivity index (χ1v) is 4.81. The van der Waals surface area contributed by atoms with Crippen molar-refractivity contribution in [1.29, 1.82) is 0 Å². The van der Waals surface area contributed by atoms with E-state index >= 15 is 0 Å². The van der Waals surface area contributed by atoms with Gasteiger partial charge in [-0.3, -0.25) is 4.79 Å². The second kappa shape index (κ2) is 4.09. The molecule has 0 bridgehead atoms. The highest BCUT2D eigenvalue weighted by Crippen LogP contribution is 2.31. The maximum absolute atomic E-state index is 10.7. The Balaban J connectivity index is 2.53. The number of hydrogen-bond donors (Lipinski definition) is 0. The van der Waals surface area contributed by atoms with E-state index in [0.717, 1.165) is 0 Å². The number of carbonyl (C=O) groups excluding carboxylic acids is 1. The molecule has 0 amide bonds. The van der Waals surface area contributed by atoms with Gasteiger partial charge in [0.15, 0.2) is 0 Å². The summed E-state index contributed by atoms with van der Waals surface area (Å²) < 4.78 is 10.5. The summed E-state index contributed by atoms with van der Waals surface area (Å²) in [5.74, 6) is 1.10. The van der Waals surface area contributed by atoms with Gasteiger partial charge in [0, 0.05) is 12.8 Å². The van der Waals surface area contributed by atoms with Crippen molar-refractivity contribution in [3.8, 4) is 0 Å². The summed E-state index contributed by atoms with van der Waals surface area (Å²) in [5.41, 5.74) is 0. The Bertz CT molecular complexity index is 191. The Morgan fingerprint density at radius 2 is 1.92 bits per heavy atom. The fourth-order valence-corrected chi connectivity index (χ4v) is 1.62. The third-order valence-electron chi connectivity index (χ3n) is 2.96. The summed E-state index contributed by atoms with van der Waals surface area (Å²) in [7, 11) is 0. The lowest BCUT2D eigenvalue weighted by molar-refractivity contribution is -0.215. The van der Waals surface area contributed by atoms with Gasteiger partial charge in [-0.05, 0) is 11.8 Å². The minimum Gasteiger partial charge on any atom is -0.436 e. The maximum Gasteiger partial charge on any atom is 0.304 e. The first kappa shape index (κ1) is 10.5. The highest BCUT2D eigenvalue weighted by Gasteiger charge is 2.34. The van der Waals surface area contributed by atoms with Crippen LogP contribution in [0.4, 0.5) is 0 Å². The number of carbonyl (C=O) groups is 1. The van der Waals surface area contributed by atoms with E-state index in [4.69, 9.17) is 9.47 Å². The molecule has 0 N–H and O–H groups in total. The average Bonchev–Trinajstić information content (AvgIpc) is 2.06. The highest BCUT2D eigenvalue weighted by molar-refractivity contribution is 5.66. The van der Waals surface area contributed by atoms with Crippen molar-refractivity contribution in [1.82, 2.24) is 0 Å². The first-order chi connectivity index (χ1) is 6.02. The summed E-state index contributed by atoms with van der Waals surface area (Å²) in [6.45, 7) is 8.50. The van der Waals surface area contributed by atoms with Gasteiger partial charge in [-0.1, -0.05) is 20.8 Å². The van der Waals surface area contributed by atoms with Crippen LogP contribution in [0.3, 0.4) is 0 Å². The van der Waals surface area contributed by atoms with Crippen LogP contribution in [0.15, 0.2) is 0 Å². The van der Waals surface area contributed by atoms with Crippen LogP contribution >= 0.6 is 0 Å². The Morgan fingerprint density at radius 1 is 1.31 bits per heavy atom. The SMILES string of the molecule is CC(=O)OC1OC[C@@H](C)[C@H](C)C1C. The average molecular weight is 186 g/mol. The molecule has 1 fully saturated rings. The van der Waals surface area contributed by atoms with E-state index in [1.54, 1.807) is 0 Å². The van der Waals surface area contributed by atoms with E-state index in [-0.39, 0.29) is 18.2 Å². The molecule has 0 aliphatic carbocycles. The minimum absolute atomic E-state index is 0.265. The fraction of sp³-hybridized carbons (Fsp3) is 0.900. The second-order valence-electron chi connectivity index (χ2n) is 4.01. The maximum atomic E-state index is 10.7. The van der Waals surface area contributed by atoms with Crippen LogP contribution in [0, 0.1) is 17.8 Å². The fourth-order valence-electron chi connectivity index (χ4n) is 1.62. The van der Waals surface area contributed by atoms with E-state index in [1.165, 1.54) is 6.92 Å². The van der Waals surface area contributed by atoms with Crippen LogP contribution in [0.2, 0.25) is 0 Å². The molecule has 0 saturated carbocycles. The molecule has 1 aliphatic rings. The summed E-state index contributed by atoms with van der Waals surface area (Å²) in [6, 6.07) is 0. The Hall–Kier alpha value is -0.570. The number of esters is 1. The molecule has 0 aromatic heterocycles. The van der Waals surface area contributed by atoms with Crippen molar-refractivity contribution in [2.75, 3.05) is 6.61 Å². The monoisotopic (exact) mass is 186 g/mol. The molecule has 3 heteroatoms. The number of rotatable bonds is 1. The number of hydrogen-bond acceptors (Lipinski definition) is 3. The smallest absolute Gasteiger partial charge is 0.304 e. The normalized spacial score (nSPS) is 40.0. The zero-order chi connectivity index (χ0) is 10.0. The van der Waals surface area contributed by atoms with Crippen molar-refractivity contribution in [3.63, 3.8) is 0 Å². The van der Waals surface area contributed by atoms with Crippen LogP contribution < -0.4 is 0 Å². The predicted octanol–water partition coefficient (Wildman–Crippen LogP) is 1.81. The summed E-state index contributed by atoms with van der Waals surface area (Å²) >= 11 is 0. The molecular formula is C10H18O3. The molecule has 0 aromatic carbocycles. The number of ether oxygens (including phenoxy) is 2. The molecule has 2 unspecified atom stereocenters. The van der Waals surface area contributed by atoms with Gasteiger partial charge in [0.2, 0.25) is 6.29 Å². The second-order valence-corrected chi connectivity index (χ2v) is 4.01. The summed E-state index contributed by atoms with van der Waals surface area (Å²) in [5, 5.41) is 0. The Kier molecular flexibility index (Phi) is 3.31. The van der Waals surface area contributed by atoms with E-state index in [1.807, 2.05) is 0 Å². The molecule has 3 nitrogen and oxygen atoms in total. The van der Waals surface area contributed by atoms with Crippen LogP contribution in [0.5, 0.6) is 0 Å². The quantitative estimate of drug-likeness (QED) is 0.586. The van der Waals surface area contributed by atoms with Gasteiger partial charge in [0.05, 0.1) is 6.61 Å². The molecule has 1 aliphatic heterocycles. The van der Waals surface area contributed by atoms with Crippen molar-refractivity contribution in [2.24, 2.45) is 17.8 Å². The summed E-state index contributed by atoms with van der Waals surface area (Å²) in [6.07, 6.45) is -0.344. The van der Waals surface area contributed by atoms with Gasteiger partial charge in [0.25, 0.3) is 0 Å². The van der Waals surface area contributed by atoms with E-state index < -0.39 is 0 Å². The van der Waals surface area contributed by atoms with Crippen molar-refractivity contribution >= 4 is 5.97 Å². The zero-order valence-corrected chi connectivity index (χ0v) is 8.74. The van der Waals surface area contributed by atoms with Crippen molar-refractivity contribution in [3.05, 3.63) is 0 Å². The lowest BCUT2D eigenvalue weighted by Crippen LogP contribution is -2.40. The molecule has 76 valence electrons. The predicted molar refractivity (Wildman–Crippen MR) is 49.0 cm³/mol. The molecule has 0 radical (unpaired) electrons. The van der Waals surface area contributed by atoms with Gasteiger partial charge in [-0.25, -0.2) is 0 Å². The van der Waals surface area contributed by atoms with Gasteiger partial charge in [-0.2, -0.15) is 0 Å². The van der Waals surface area contributed by atoms with E-state index in [2.05, 4.69) is 20.8 Å². The lowest BCUT2D eigenvalue weighted by Gasteiger charge is -2.37. The third-order valence-corrected chi connectivity index (χ3v) is 2.96. The van der Waals surface area contributed by atoms with Crippen LogP contribution in [-0.4, -0.2) is 18.9 Å². The zero-order valence-electron chi connectivity index (χ0n) is 8.74. The van der Waals surface area contributed by atoms with Gasteiger partial charge in [-0.15, -0.1) is 0 Å². The summed E-state index contributed by atoms with van der Waals surface area (Å²) in [4.78, 5) is 10.7. The van der Waals surface area contributed by atoms with Gasteiger partial charge >= 0.3 is 5.97 Å². The molecule has 0 spiro atoms. The van der Waals surface area contributed by atoms with Gasteiger partial charge in [0.1, 0.15) is 0 Å². The topological polar surface area (TPSA) is 35.5 Å². The van der Waals surface area contributed by atoms with Crippen molar-refractivity contribution in [2.45, 2.75) is 34.0 Å². The molecule has 1 heterocycles. The van der Waals surface area contributed by atoms with Crippen molar-refractivity contribution < 1.29 is 14.3 Å². The highest BCUT2D eigenvalue weighted by atomic mass is 16.7. The first-order valence-electron chi connectivity index (χ1n) is 4.81. The molecule has 1 saturated heterocycles. The van der Waals surface area contributed by atoms with Crippen LogP contribution in [-0.2, 0) is 14.3 Å². The van der Waals surface area contributed by atoms with E-state index in [9.17, 15) is 4.79 Å². The van der Waals surface area contributed by atoms with Crippen LogP contribution in [0.25, 0.3) is 0 Å². The van der Waals surface area contributed by atoms with Crippen LogP contribution in [0.1, 0.15) is 27.7 Å². The molecule has 0 aromatic rings. The van der Waals surface area contributed by atoms with Gasteiger partial charge < -0.3 is 9.47 Å². The molecule has 4 atom stereocenters. The van der Waals surface area contributed by atoms with E-state index in [0.29, 0.717) is 18.4 Å². The Labute approximate surface area is 79.4 Å². The standard InChI is InChI=1S/C10H18O3/c1-6-5-12-10(13-9(4)11)8(3)7(6)2/h6-8,10H,5H2,1-4H3/t6-,7+,8?,10?/m1/s1. The Morgan fingerprint density at radius 3 is 2.46 bits per heavy atom. The largest absolute Gasteiger partial charge is 0.436 e. The molecular weight excluding hydrogens is 168 g/mol. The minimum atomic E-state index is -0.344. The third kappa shape index (κ3) is 2.44. The molecule has 13 heavy (non-hydrogen) atoms. The molecule has 1 rings (SSSR count). The lowest BCUT2D eigenvalue weighted by atomic mass is 9.83.